The van der Waals surface area contributed by atoms with E-state index < -0.39 is 0 Å². The number of anilines is 1. The van der Waals surface area contributed by atoms with Gasteiger partial charge in [0.1, 0.15) is 17.3 Å². The van der Waals surface area contributed by atoms with Crippen LogP contribution in [0.25, 0.3) is 11.3 Å². The first-order valence-corrected chi connectivity index (χ1v) is 12.8. The van der Waals surface area contributed by atoms with Crippen molar-refractivity contribution in [2.75, 3.05) is 19.0 Å². The Morgan fingerprint density at radius 3 is 2.18 bits per heavy atom. The standard InChI is InChI=1S/C32H32N2O4/c1-32(2,3)25-11-5-22(6-12-25)30(35)33-26-13-7-21(8-14-26)29-19-24-20-34(18-17-28(24)38-29)31(36)23-9-15-27(37-4)16-10-23/h5-16,19H,17-18,20H2,1-4H3,(H,33,35). The van der Waals surface area contributed by atoms with Crippen LogP contribution in [-0.4, -0.2) is 30.4 Å². The van der Waals surface area contributed by atoms with Gasteiger partial charge in [0.15, 0.2) is 0 Å². The van der Waals surface area contributed by atoms with E-state index >= 15 is 0 Å². The smallest absolute Gasteiger partial charge is 0.255 e. The van der Waals surface area contributed by atoms with Crippen molar-refractivity contribution in [1.82, 2.24) is 4.90 Å². The number of ether oxygens (including phenoxy) is 1. The number of hydrogen-bond acceptors (Lipinski definition) is 4. The zero-order valence-electron chi connectivity index (χ0n) is 22.2. The van der Waals surface area contributed by atoms with E-state index in [4.69, 9.17) is 9.15 Å². The molecule has 0 aliphatic carbocycles. The van der Waals surface area contributed by atoms with E-state index in [0.29, 0.717) is 36.3 Å². The van der Waals surface area contributed by atoms with E-state index in [0.717, 1.165) is 28.4 Å². The third-order valence-electron chi connectivity index (χ3n) is 6.93. The van der Waals surface area contributed by atoms with Crippen molar-refractivity contribution in [3.05, 3.63) is 107 Å². The second-order valence-corrected chi connectivity index (χ2v) is 10.6. The molecule has 1 aliphatic heterocycles. The van der Waals surface area contributed by atoms with Gasteiger partial charge < -0.3 is 19.4 Å². The molecule has 0 radical (unpaired) electrons. The van der Waals surface area contributed by atoms with Gasteiger partial charge in [0.25, 0.3) is 11.8 Å². The fourth-order valence-corrected chi connectivity index (χ4v) is 4.61. The first kappa shape index (κ1) is 25.3. The van der Waals surface area contributed by atoms with Crippen molar-refractivity contribution < 1.29 is 18.7 Å². The van der Waals surface area contributed by atoms with Gasteiger partial charge in [-0.3, -0.25) is 9.59 Å². The van der Waals surface area contributed by atoms with Crippen molar-refractivity contribution >= 4 is 17.5 Å². The second kappa shape index (κ2) is 10.2. The third-order valence-corrected chi connectivity index (χ3v) is 6.93. The highest BCUT2D eigenvalue weighted by molar-refractivity contribution is 6.04. The first-order chi connectivity index (χ1) is 18.2. The number of nitrogens with one attached hydrogen (secondary N) is 1. The predicted molar refractivity (Wildman–Crippen MR) is 149 cm³/mol. The summed E-state index contributed by atoms with van der Waals surface area (Å²) in [6.45, 7) is 7.56. The van der Waals surface area contributed by atoms with E-state index in [1.807, 2.05) is 59.5 Å². The quantitative estimate of drug-likeness (QED) is 0.325. The summed E-state index contributed by atoms with van der Waals surface area (Å²) in [4.78, 5) is 27.6. The maximum absolute atomic E-state index is 13.0. The van der Waals surface area contributed by atoms with Crippen LogP contribution in [0.2, 0.25) is 0 Å². The van der Waals surface area contributed by atoms with Gasteiger partial charge in [-0.05, 0) is 77.7 Å². The van der Waals surface area contributed by atoms with Gasteiger partial charge in [0, 0.05) is 47.5 Å². The Balaban J connectivity index is 1.24. The van der Waals surface area contributed by atoms with Crippen LogP contribution in [0.15, 0.2) is 83.3 Å². The van der Waals surface area contributed by atoms with Crippen molar-refractivity contribution in [3.63, 3.8) is 0 Å². The number of hydrogen-bond donors (Lipinski definition) is 1. The molecule has 1 N–H and O–H groups in total. The number of carbonyl (C=O) groups is 2. The van der Waals surface area contributed by atoms with Crippen molar-refractivity contribution in [2.45, 2.75) is 39.2 Å². The van der Waals surface area contributed by atoms with Crippen LogP contribution in [0.1, 0.15) is 58.4 Å². The fourth-order valence-electron chi connectivity index (χ4n) is 4.61. The lowest BCUT2D eigenvalue weighted by Gasteiger charge is -2.26. The molecule has 38 heavy (non-hydrogen) atoms. The molecule has 0 fully saturated rings. The zero-order valence-corrected chi connectivity index (χ0v) is 22.2. The topological polar surface area (TPSA) is 71.8 Å². The number of benzene rings is 3. The minimum atomic E-state index is -0.145. The molecular formula is C32H32N2O4. The Morgan fingerprint density at radius 2 is 1.55 bits per heavy atom. The van der Waals surface area contributed by atoms with Gasteiger partial charge in [-0.1, -0.05) is 32.9 Å². The number of furan rings is 1. The van der Waals surface area contributed by atoms with Crippen LogP contribution < -0.4 is 10.1 Å². The summed E-state index contributed by atoms with van der Waals surface area (Å²) in [6.07, 6.45) is 0.666. The normalized spacial score (nSPS) is 13.1. The number of fused-ring (bicyclic) bond motifs is 1. The predicted octanol–water partition coefficient (Wildman–Crippen LogP) is 6.70. The first-order valence-electron chi connectivity index (χ1n) is 12.8. The fraction of sp³-hybridized carbons (Fsp3) is 0.250. The molecule has 2 heterocycles. The highest BCUT2D eigenvalue weighted by Crippen LogP contribution is 2.31. The van der Waals surface area contributed by atoms with Gasteiger partial charge in [0.2, 0.25) is 0 Å². The molecular weight excluding hydrogens is 476 g/mol. The Labute approximate surface area is 223 Å². The van der Waals surface area contributed by atoms with Crippen LogP contribution in [0.4, 0.5) is 5.69 Å². The molecule has 0 saturated heterocycles. The Bertz CT molecular complexity index is 1440. The molecule has 0 bridgehead atoms. The Kier molecular flexibility index (Phi) is 6.81. The monoisotopic (exact) mass is 508 g/mol. The molecule has 1 aromatic heterocycles. The second-order valence-electron chi connectivity index (χ2n) is 10.6. The lowest BCUT2D eigenvalue weighted by Crippen LogP contribution is -2.35. The van der Waals surface area contributed by atoms with E-state index in [1.54, 1.807) is 31.4 Å². The van der Waals surface area contributed by atoms with Crippen LogP contribution in [-0.2, 0) is 18.4 Å². The SMILES string of the molecule is COc1ccc(C(=O)N2CCc3oc(-c4ccc(NC(=O)c5ccc(C(C)(C)C)cc5)cc4)cc3C2)cc1. The number of rotatable bonds is 5. The third kappa shape index (κ3) is 5.35. The minimum absolute atomic E-state index is 0.00538. The molecule has 4 aromatic rings. The molecule has 5 rings (SSSR count). The van der Waals surface area contributed by atoms with Crippen molar-refractivity contribution in [3.8, 4) is 17.1 Å². The number of nitrogens with zero attached hydrogens (tertiary/aromatic N) is 1. The largest absolute Gasteiger partial charge is 0.497 e. The van der Waals surface area contributed by atoms with Gasteiger partial charge in [0.05, 0.1) is 7.11 Å². The summed E-state index contributed by atoms with van der Waals surface area (Å²) in [6, 6.07) is 24.5. The molecule has 0 spiro atoms. The van der Waals surface area contributed by atoms with E-state index in [1.165, 1.54) is 5.56 Å². The van der Waals surface area contributed by atoms with E-state index in [9.17, 15) is 9.59 Å². The van der Waals surface area contributed by atoms with Gasteiger partial charge >= 0.3 is 0 Å². The Morgan fingerprint density at radius 1 is 0.895 bits per heavy atom. The van der Waals surface area contributed by atoms with Gasteiger partial charge in [-0.25, -0.2) is 0 Å². The molecule has 0 unspecified atom stereocenters. The van der Waals surface area contributed by atoms with Crippen molar-refractivity contribution in [1.29, 1.82) is 0 Å². The Hall–Kier alpha value is -4.32. The van der Waals surface area contributed by atoms with Crippen LogP contribution >= 0.6 is 0 Å². The zero-order chi connectivity index (χ0) is 26.9. The van der Waals surface area contributed by atoms with Crippen LogP contribution in [0.5, 0.6) is 5.75 Å². The number of carbonyl (C=O) groups excluding carboxylic acids is 2. The molecule has 6 nitrogen and oxygen atoms in total. The summed E-state index contributed by atoms with van der Waals surface area (Å²) < 4.78 is 11.3. The summed E-state index contributed by atoms with van der Waals surface area (Å²) >= 11 is 0. The van der Waals surface area contributed by atoms with E-state index in [2.05, 4.69) is 26.1 Å². The molecule has 0 saturated carbocycles. The molecule has 2 amide bonds. The summed E-state index contributed by atoms with van der Waals surface area (Å²) in [5.41, 5.74) is 5.14. The number of methoxy groups -OCH3 is 1. The van der Waals surface area contributed by atoms with E-state index in [-0.39, 0.29) is 17.2 Å². The highest BCUT2D eigenvalue weighted by atomic mass is 16.5. The van der Waals surface area contributed by atoms with Gasteiger partial charge in [-0.15, -0.1) is 0 Å². The summed E-state index contributed by atoms with van der Waals surface area (Å²) in [5, 5.41) is 2.96. The lowest BCUT2D eigenvalue weighted by atomic mass is 9.87. The van der Waals surface area contributed by atoms with Crippen LogP contribution in [0, 0.1) is 0 Å². The molecule has 0 atom stereocenters. The summed E-state index contributed by atoms with van der Waals surface area (Å²) in [7, 11) is 1.61. The molecule has 3 aromatic carbocycles. The van der Waals surface area contributed by atoms with Crippen LogP contribution in [0.3, 0.4) is 0 Å². The highest BCUT2D eigenvalue weighted by Gasteiger charge is 2.25. The summed E-state index contributed by atoms with van der Waals surface area (Å²) in [5.74, 6) is 2.24. The minimum Gasteiger partial charge on any atom is -0.497 e. The maximum Gasteiger partial charge on any atom is 0.255 e. The molecule has 1 aliphatic rings. The van der Waals surface area contributed by atoms with Gasteiger partial charge in [-0.2, -0.15) is 0 Å². The maximum atomic E-state index is 13.0. The lowest BCUT2D eigenvalue weighted by molar-refractivity contribution is 0.0730. The number of amides is 2. The average molecular weight is 509 g/mol. The van der Waals surface area contributed by atoms with Crippen molar-refractivity contribution in [2.24, 2.45) is 0 Å². The molecule has 194 valence electrons. The average Bonchev–Trinajstić information content (AvgIpc) is 3.36. The molecule has 6 heteroatoms.